The van der Waals surface area contributed by atoms with E-state index in [0.29, 0.717) is 13.0 Å². The zero-order valence-corrected chi connectivity index (χ0v) is 21.4. The summed E-state index contributed by atoms with van der Waals surface area (Å²) in [5, 5.41) is 11.6. The van der Waals surface area contributed by atoms with Crippen molar-refractivity contribution in [3.8, 4) is 0 Å². The molecule has 36 heavy (non-hydrogen) atoms. The lowest BCUT2D eigenvalue weighted by molar-refractivity contribution is -0.142. The number of aryl methyl sites for hydroxylation is 1. The molecule has 2 aromatic heterocycles. The van der Waals surface area contributed by atoms with Gasteiger partial charge >= 0.3 is 0 Å². The van der Waals surface area contributed by atoms with E-state index in [-0.39, 0.29) is 18.4 Å². The van der Waals surface area contributed by atoms with Crippen LogP contribution in [0.3, 0.4) is 0 Å². The minimum absolute atomic E-state index is 0.0132. The fraction of sp³-hybridized carbons (Fsp3) is 0.357. The van der Waals surface area contributed by atoms with Crippen LogP contribution in [0.1, 0.15) is 44.5 Å². The molecule has 1 atom stereocenters. The molecule has 8 heteroatoms. The summed E-state index contributed by atoms with van der Waals surface area (Å²) in [4.78, 5) is 29.4. The number of fused-ring (bicyclic) bond motifs is 1. The maximum Gasteiger partial charge on any atom is 0.249 e. The first kappa shape index (κ1) is 25.2. The van der Waals surface area contributed by atoms with E-state index in [1.165, 1.54) is 0 Å². The molecule has 0 unspecified atom stereocenters. The van der Waals surface area contributed by atoms with Gasteiger partial charge < -0.3 is 14.8 Å². The SMILES string of the molecule is CCC(C)(C)NC(=O)[C@H](c1cccn1C)N(CCc1ccccc1)C(=O)Cn1nnc2ccccc21. The Kier molecular flexibility index (Phi) is 7.52. The van der Waals surface area contributed by atoms with E-state index in [1.54, 1.807) is 9.58 Å². The number of nitrogens with one attached hydrogen (secondary N) is 1. The molecule has 0 saturated heterocycles. The van der Waals surface area contributed by atoms with Gasteiger partial charge in [-0.05, 0) is 56.5 Å². The molecule has 0 radical (unpaired) electrons. The average Bonchev–Trinajstić information content (AvgIpc) is 3.48. The number of nitrogens with zero attached hydrogens (tertiary/aromatic N) is 5. The molecule has 0 aliphatic rings. The smallest absolute Gasteiger partial charge is 0.249 e. The largest absolute Gasteiger partial charge is 0.352 e. The topological polar surface area (TPSA) is 85.0 Å². The molecular weight excluding hydrogens is 452 g/mol. The van der Waals surface area contributed by atoms with Gasteiger partial charge in [0.2, 0.25) is 11.8 Å². The quantitative estimate of drug-likeness (QED) is 0.369. The maximum absolute atomic E-state index is 13.9. The predicted octanol–water partition coefficient (Wildman–Crippen LogP) is 3.89. The highest BCUT2D eigenvalue weighted by atomic mass is 16.2. The first-order chi connectivity index (χ1) is 17.3. The Morgan fingerprint density at radius 1 is 1.03 bits per heavy atom. The minimum Gasteiger partial charge on any atom is -0.352 e. The van der Waals surface area contributed by atoms with Crippen molar-refractivity contribution in [2.75, 3.05) is 6.54 Å². The molecule has 0 saturated carbocycles. The van der Waals surface area contributed by atoms with Crippen LogP contribution in [0.15, 0.2) is 72.9 Å². The van der Waals surface area contributed by atoms with E-state index in [9.17, 15) is 9.59 Å². The highest BCUT2D eigenvalue weighted by Crippen LogP contribution is 2.25. The van der Waals surface area contributed by atoms with Gasteiger partial charge in [0.1, 0.15) is 12.1 Å². The van der Waals surface area contributed by atoms with Gasteiger partial charge in [0.05, 0.1) is 5.52 Å². The van der Waals surface area contributed by atoms with Crippen molar-refractivity contribution in [3.63, 3.8) is 0 Å². The average molecular weight is 487 g/mol. The molecule has 0 aliphatic heterocycles. The molecule has 8 nitrogen and oxygen atoms in total. The van der Waals surface area contributed by atoms with Gasteiger partial charge in [0.25, 0.3) is 0 Å². The number of carbonyl (C=O) groups is 2. The molecule has 1 N–H and O–H groups in total. The van der Waals surface area contributed by atoms with Crippen molar-refractivity contribution in [2.45, 2.75) is 51.7 Å². The zero-order chi connectivity index (χ0) is 25.7. The van der Waals surface area contributed by atoms with Gasteiger partial charge in [-0.25, -0.2) is 4.68 Å². The van der Waals surface area contributed by atoms with E-state index in [2.05, 4.69) is 15.6 Å². The van der Waals surface area contributed by atoms with Crippen molar-refractivity contribution in [1.29, 1.82) is 0 Å². The molecule has 4 aromatic rings. The zero-order valence-electron chi connectivity index (χ0n) is 21.4. The van der Waals surface area contributed by atoms with E-state index in [1.807, 2.05) is 105 Å². The summed E-state index contributed by atoms with van der Waals surface area (Å²) < 4.78 is 3.50. The van der Waals surface area contributed by atoms with Crippen molar-refractivity contribution in [2.24, 2.45) is 7.05 Å². The first-order valence-corrected chi connectivity index (χ1v) is 12.3. The third-order valence-electron chi connectivity index (χ3n) is 6.68. The monoisotopic (exact) mass is 486 g/mol. The number of hydrogen-bond acceptors (Lipinski definition) is 4. The van der Waals surface area contributed by atoms with E-state index < -0.39 is 11.6 Å². The van der Waals surface area contributed by atoms with Crippen LogP contribution in [0, 0.1) is 0 Å². The fourth-order valence-electron chi connectivity index (χ4n) is 4.23. The molecule has 2 aromatic carbocycles. The first-order valence-electron chi connectivity index (χ1n) is 12.3. The molecule has 0 aliphatic carbocycles. The van der Waals surface area contributed by atoms with Gasteiger partial charge in [0, 0.05) is 31.0 Å². The normalized spacial score (nSPS) is 12.4. The number of hydrogen-bond donors (Lipinski definition) is 1. The van der Waals surface area contributed by atoms with Gasteiger partial charge in [0.15, 0.2) is 6.04 Å². The molecule has 2 heterocycles. The van der Waals surface area contributed by atoms with Crippen LogP contribution in [-0.2, 0) is 29.6 Å². The lowest BCUT2D eigenvalue weighted by Gasteiger charge is -2.34. The maximum atomic E-state index is 13.9. The van der Waals surface area contributed by atoms with Crippen molar-refractivity contribution < 1.29 is 9.59 Å². The highest BCUT2D eigenvalue weighted by molar-refractivity contribution is 5.89. The van der Waals surface area contributed by atoms with Crippen LogP contribution in [-0.4, -0.2) is 48.4 Å². The molecular formula is C28H34N6O2. The lowest BCUT2D eigenvalue weighted by Crippen LogP contribution is -2.51. The van der Waals surface area contributed by atoms with Crippen LogP contribution in [0.4, 0.5) is 0 Å². The summed E-state index contributed by atoms with van der Waals surface area (Å²) in [5.74, 6) is -0.397. The fourth-order valence-corrected chi connectivity index (χ4v) is 4.23. The predicted molar refractivity (Wildman–Crippen MR) is 140 cm³/mol. The molecule has 4 rings (SSSR count). The molecule has 0 spiro atoms. The van der Waals surface area contributed by atoms with Gasteiger partial charge in [-0.2, -0.15) is 0 Å². The Labute approximate surface area is 211 Å². The lowest BCUT2D eigenvalue weighted by atomic mass is 10.00. The molecule has 188 valence electrons. The third-order valence-corrected chi connectivity index (χ3v) is 6.68. The van der Waals surface area contributed by atoms with Crippen molar-refractivity contribution in [1.82, 2.24) is 29.8 Å². The second-order valence-corrected chi connectivity index (χ2v) is 9.73. The van der Waals surface area contributed by atoms with E-state index in [4.69, 9.17) is 0 Å². The summed E-state index contributed by atoms with van der Waals surface area (Å²) in [6.07, 6.45) is 3.28. The highest BCUT2D eigenvalue weighted by Gasteiger charge is 2.35. The second kappa shape index (κ2) is 10.8. The van der Waals surface area contributed by atoms with Gasteiger partial charge in [-0.3, -0.25) is 9.59 Å². The summed E-state index contributed by atoms with van der Waals surface area (Å²) in [6.45, 7) is 6.38. The van der Waals surface area contributed by atoms with E-state index in [0.717, 1.165) is 28.7 Å². The number of aromatic nitrogens is 4. The van der Waals surface area contributed by atoms with Crippen LogP contribution in [0.25, 0.3) is 11.0 Å². The summed E-state index contributed by atoms with van der Waals surface area (Å²) in [6, 6.07) is 20.5. The number of rotatable bonds is 10. The van der Waals surface area contributed by atoms with Crippen molar-refractivity contribution in [3.05, 3.63) is 84.2 Å². The van der Waals surface area contributed by atoms with Crippen molar-refractivity contribution >= 4 is 22.8 Å². The van der Waals surface area contributed by atoms with E-state index >= 15 is 0 Å². The number of carbonyl (C=O) groups excluding carboxylic acids is 2. The van der Waals surface area contributed by atoms with Gasteiger partial charge in [-0.15, -0.1) is 5.10 Å². The molecule has 0 bridgehead atoms. The summed E-state index contributed by atoms with van der Waals surface area (Å²) in [5.41, 5.74) is 2.95. The summed E-state index contributed by atoms with van der Waals surface area (Å²) >= 11 is 0. The Morgan fingerprint density at radius 2 is 1.75 bits per heavy atom. The summed E-state index contributed by atoms with van der Waals surface area (Å²) in [7, 11) is 1.89. The Hall–Kier alpha value is -3.94. The third kappa shape index (κ3) is 5.64. The number of benzene rings is 2. The molecule has 2 amide bonds. The Balaban J connectivity index is 1.70. The standard InChI is InChI=1S/C28H34N6O2/c1-5-28(2,3)29-27(36)26(24-16-11-18-32(24)4)33(19-17-21-12-7-6-8-13-21)25(35)20-34-23-15-10-9-14-22(23)30-31-34/h6-16,18,26H,5,17,19-20H2,1-4H3,(H,29,36)/t26-/m0/s1. The number of para-hydroxylation sites is 1. The Bertz CT molecular complexity index is 1320. The molecule has 0 fully saturated rings. The second-order valence-electron chi connectivity index (χ2n) is 9.73. The Morgan fingerprint density at radius 3 is 2.44 bits per heavy atom. The van der Waals surface area contributed by atoms with Crippen LogP contribution in [0.2, 0.25) is 0 Å². The number of amides is 2. The van der Waals surface area contributed by atoms with Gasteiger partial charge in [-0.1, -0.05) is 54.6 Å². The van der Waals surface area contributed by atoms with Crippen LogP contribution >= 0.6 is 0 Å². The van der Waals surface area contributed by atoms with Crippen LogP contribution < -0.4 is 5.32 Å². The minimum atomic E-state index is -0.790. The van der Waals surface area contributed by atoms with Crippen LogP contribution in [0.5, 0.6) is 0 Å².